The minimum absolute atomic E-state index is 0. The third kappa shape index (κ3) is 12.7. The summed E-state index contributed by atoms with van der Waals surface area (Å²) in [7, 11) is 0. The monoisotopic (exact) mass is 324 g/mol. The second kappa shape index (κ2) is 20.3. The molecule has 0 fully saturated rings. The number of rotatable bonds is 3. The number of hydrogen-bond acceptors (Lipinski definition) is 3. The van der Waals surface area contributed by atoms with Gasteiger partial charge in [0.25, 0.3) is 0 Å². The van der Waals surface area contributed by atoms with Crippen LogP contribution in [0.2, 0.25) is 0 Å². The van der Waals surface area contributed by atoms with E-state index < -0.39 is 0 Å². The van der Waals surface area contributed by atoms with Crippen molar-refractivity contribution in [3.63, 3.8) is 0 Å². The van der Waals surface area contributed by atoms with Crippen LogP contribution in [-0.4, -0.2) is 20.4 Å². The maximum absolute atomic E-state index is 8.00. The topological polar surface area (TPSA) is 51.2 Å². The minimum Gasteiger partial charge on any atom is -0.307 e. The summed E-state index contributed by atoms with van der Waals surface area (Å²) >= 11 is 0. The fourth-order valence-electron chi connectivity index (χ4n) is 1.58. The van der Waals surface area contributed by atoms with Crippen LogP contribution in [0, 0.1) is 0 Å². The summed E-state index contributed by atoms with van der Waals surface area (Å²) in [5, 5.41) is 0. The van der Waals surface area contributed by atoms with Gasteiger partial charge in [-0.15, -0.1) is 0 Å². The summed E-state index contributed by atoms with van der Waals surface area (Å²) in [6.45, 7) is 6.00. The molecule has 0 radical (unpaired) electrons. The second-order valence-corrected chi connectivity index (χ2v) is 3.47. The molecule has 0 heterocycles. The first-order valence-electron chi connectivity index (χ1n) is 5.89. The molecule has 0 amide bonds. The molecule has 0 aromatic heterocycles. The van der Waals surface area contributed by atoms with E-state index in [2.05, 4.69) is 60.7 Å². The first-order valence-corrected chi connectivity index (χ1v) is 5.89. The van der Waals surface area contributed by atoms with Crippen LogP contribution in [0.1, 0.15) is 11.1 Å². The van der Waals surface area contributed by atoms with Crippen LogP contribution in [0.4, 0.5) is 0 Å². The van der Waals surface area contributed by atoms with Gasteiger partial charge >= 0.3 is 0 Å². The predicted molar refractivity (Wildman–Crippen MR) is 81.7 cm³/mol. The average molecular weight is 324 g/mol. The Morgan fingerprint density at radius 3 is 1.00 bits per heavy atom. The second-order valence-electron chi connectivity index (χ2n) is 3.47. The molecule has 0 aliphatic heterocycles. The van der Waals surface area contributed by atoms with E-state index in [1.807, 2.05) is 20.4 Å². The van der Waals surface area contributed by atoms with E-state index in [9.17, 15) is 0 Å². The van der Waals surface area contributed by atoms with E-state index in [0.29, 0.717) is 0 Å². The van der Waals surface area contributed by atoms with Gasteiger partial charge in [0.15, 0.2) is 0 Å². The van der Waals surface area contributed by atoms with E-state index in [1.54, 1.807) is 0 Å². The molecule has 0 unspecified atom stereocenters. The van der Waals surface area contributed by atoms with Crippen LogP contribution in [0.25, 0.3) is 0 Å². The zero-order chi connectivity index (χ0) is 15.6. The first kappa shape index (κ1) is 24.0. The Kier molecular flexibility index (Phi) is 23.2. The van der Waals surface area contributed by atoms with Crippen molar-refractivity contribution in [2.45, 2.75) is 12.8 Å². The number of hydrogen-bond donors (Lipinski definition) is 0. The molecule has 0 N–H and O–H groups in total. The van der Waals surface area contributed by atoms with Crippen molar-refractivity contribution in [2.24, 2.45) is 0 Å². The van der Waals surface area contributed by atoms with E-state index in [4.69, 9.17) is 14.4 Å². The van der Waals surface area contributed by atoms with Gasteiger partial charge in [-0.1, -0.05) is 60.7 Å². The molecule has 112 valence electrons. The Balaban J connectivity index is -0.000000414. The molecule has 0 saturated carbocycles. The molecule has 2 rings (SSSR count). The van der Waals surface area contributed by atoms with Crippen molar-refractivity contribution in [3.8, 4) is 0 Å². The summed E-state index contributed by atoms with van der Waals surface area (Å²) in [6, 6.07) is 21.2. The van der Waals surface area contributed by atoms with Gasteiger partial charge in [-0.3, -0.25) is 0 Å². The van der Waals surface area contributed by atoms with Crippen molar-refractivity contribution in [1.29, 1.82) is 0 Å². The van der Waals surface area contributed by atoms with Crippen LogP contribution in [0.15, 0.2) is 60.7 Å². The predicted octanol–water partition coefficient (Wildman–Crippen LogP) is 2.91. The first-order chi connectivity index (χ1) is 9.95. The van der Waals surface area contributed by atoms with E-state index in [1.165, 1.54) is 11.1 Å². The van der Waals surface area contributed by atoms with Crippen LogP contribution in [0.3, 0.4) is 0 Å². The molecule has 0 atom stereocenters. The molecular weight excluding hydrogens is 304 g/mol. The Labute approximate surface area is 137 Å². The van der Waals surface area contributed by atoms with E-state index in [0.717, 1.165) is 12.8 Å². The maximum Gasteiger partial charge on any atom is 0.106 e. The van der Waals surface area contributed by atoms with Gasteiger partial charge in [0.05, 0.1) is 0 Å². The van der Waals surface area contributed by atoms with E-state index >= 15 is 0 Å². The third-order valence-electron chi connectivity index (χ3n) is 2.39. The van der Waals surface area contributed by atoms with Crippen molar-refractivity contribution in [1.82, 2.24) is 0 Å². The summed E-state index contributed by atoms with van der Waals surface area (Å²) < 4.78 is 0. The molecule has 4 heteroatoms. The molecule has 21 heavy (non-hydrogen) atoms. The number of aryl methyl sites for hydroxylation is 2. The molecule has 3 nitrogen and oxygen atoms in total. The van der Waals surface area contributed by atoms with E-state index in [-0.39, 0.29) is 17.4 Å². The Morgan fingerprint density at radius 2 is 0.762 bits per heavy atom. The Bertz CT molecular complexity index is 376. The molecule has 0 bridgehead atoms. The number of carbonyl (C=O) groups is 3. The van der Waals surface area contributed by atoms with Gasteiger partial charge in [0.1, 0.15) is 20.4 Å². The van der Waals surface area contributed by atoms with Crippen molar-refractivity contribution >= 4 is 20.4 Å². The fraction of sp³-hybridized carbons (Fsp3) is 0.118. The third-order valence-corrected chi connectivity index (χ3v) is 2.39. The van der Waals surface area contributed by atoms with Crippen molar-refractivity contribution in [2.75, 3.05) is 0 Å². The molecule has 2 aromatic carbocycles. The van der Waals surface area contributed by atoms with Gasteiger partial charge in [-0.05, 0) is 24.0 Å². The Morgan fingerprint density at radius 1 is 0.524 bits per heavy atom. The van der Waals surface area contributed by atoms with Crippen LogP contribution < -0.4 is 0 Å². The SMILES string of the molecule is C=O.C=O.C=O.[Cr].c1ccc(CCc2ccccc2)cc1. The van der Waals surface area contributed by atoms with Gasteiger partial charge in [-0.25, -0.2) is 0 Å². The summed E-state index contributed by atoms with van der Waals surface area (Å²) in [4.78, 5) is 24.0. The largest absolute Gasteiger partial charge is 0.307 e. The summed E-state index contributed by atoms with van der Waals surface area (Å²) in [5.74, 6) is 0. The molecule has 0 aliphatic carbocycles. The van der Waals surface area contributed by atoms with Gasteiger partial charge in [-0.2, -0.15) is 0 Å². The normalized spacial score (nSPS) is 7.24. The van der Waals surface area contributed by atoms with Crippen molar-refractivity contribution < 1.29 is 31.7 Å². The zero-order valence-corrected chi connectivity index (χ0v) is 13.2. The fourth-order valence-corrected chi connectivity index (χ4v) is 1.58. The van der Waals surface area contributed by atoms with Gasteiger partial charge in [0, 0.05) is 17.4 Å². The number of carbonyl (C=O) groups excluding carboxylic acids is 3. The van der Waals surface area contributed by atoms with Gasteiger partial charge < -0.3 is 14.4 Å². The average Bonchev–Trinajstić information content (AvgIpc) is 2.60. The molecule has 0 saturated heterocycles. The molecule has 0 spiro atoms. The zero-order valence-electron chi connectivity index (χ0n) is 11.9. The minimum atomic E-state index is 0. The molecular formula is C17H20CrO3. The molecule has 2 aromatic rings. The maximum atomic E-state index is 8.00. The summed E-state index contributed by atoms with van der Waals surface area (Å²) in [5.41, 5.74) is 2.83. The Hall–Kier alpha value is -2.02. The van der Waals surface area contributed by atoms with Gasteiger partial charge in [0.2, 0.25) is 0 Å². The quantitative estimate of drug-likeness (QED) is 0.872. The van der Waals surface area contributed by atoms with Crippen LogP contribution >= 0.6 is 0 Å². The van der Waals surface area contributed by atoms with Crippen LogP contribution in [0.5, 0.6) is 0 Å². The molecule has 0 aliphatic rings. The summed E-state index contributed by atoms with van der Waals surface area (Å²) in [6.07, 6.45) is 2.26. The smallest absolute Gasteiger partial charge is 0.106 e. The van der Waals surface area contributed by atoms with Crippen molar-refractivity contribution in [3.05, 3.63) is 71.8 Å². The number of benzene rings is 2. The standard InChI is InChI=1S/C14H14.3CH2O.Cr/c1-3-7-13(8-4-1)11-12-14-9-5-2-6-10-14;3*1-2;/h1-10H,11-12H2;3*1H2;. The van der Waals surface area contributed by atoms with Crippen LogP contribution in [-0.2, 0) is 44.6 Å².